The predicted octanol–water partition coefficient (Wildman–Crippen LogP) is 6.00. The van der Waals surface area contributed by atoms with Crippen molar-refractivity contribution >= 4 is 44.1 Å². The Labute approximate surface area is 188 Å². The molecule has 1 fully saturated rings. The van der Waals surface area contributed by atoms with E-state index in [0.29, 0.717) is 12.3 Å². The highest BCUT2D eigenvalue weighted by Crippen LogP contribution is 2.33. The maximum atomic E-state index is 12.8. The van der Waals surface area contributed by atoms with E-state index in [-0.39, 0.29) is 5.91 Å². The molecule has 2 aromatic heterocycles. The molecule has 1 N–H and O–H groups in total. The molecule has 0 saturated carbocycles. The summed E-state index contributed by atoms with van der Waals surface area (Å²) in [6.45, 7) is 1.62. The number of fused-ring (bicyclic) bond motifs is 1. The van der Waals surface area contributed by atoms with Gasteiger partial charge in [0.1, 0.15) is 5.01 Å². The van der Waals surface area contributed by atoms with Crippen LogP contribution < -0.4 is 0 Å². The number of benzene rings is 2. The lowest BCUT2D eigenvalue weighted by Gasteiger charge is -2.32. The molecule has 4 nitrogen and oxygen atoms in total. The second kappa shape index (κ2) is 8.36. The van der Waals surface area contributed by atoms with Gasteiger partial charge in [0.2, 0.25) is 5.91 Å². The summed E-state index contributed by atoms with van der Waals surface area (Å²) in [6.07, 6.45) is 4.54. The molecule has 0 atom stereocenters. The van der Waals surface area contributed by atoms with Gasteiger partial charge >= 0.3 is 0 Å². The monoisotopic (exact) mass is 479 g/mol. The van der Waals surface area contributed by atoms with Gasteiger partial charge in [0.05, 0.1) is 12.1 Å². The number of hydrogen-bond acceptors (Lipinski definition) is 3. The molecule has 0 radical (unpaired) electrons. The third-order valence-electron chi connectivity index (χ3n) is 5.86. The lowest BCUT2D eigenvalue weighted by molar-refractivity contribution is -0.131. The highest BCUT2D eigenvalue weighted by Gasteiger charge is 2.25. The average molecular weight is 480 g/mol. The molecule has 0 unspecified atom stereocenters. The lowest BCUT2D eigenvalue weighted by atomic mass is 9.89. The van der Waals surface area contributed by atoms with E-state index in [0.717, 1.165) is 46.7 Å². The zero-order chi connectivity index (χ0) is 20.5. The predicted molar refractivity (Wildman–Crippen MR) is 126 cm³/mol. The first kappa shape index (κ1) is 19.5. The fourth-order valence-corrected chi connectivity index (χ4v) is 5.50. The largest absolute Gasteiger partial charge is 0.361 e. The lowest BCUT2D eigenvalue weighted by Crippen LogP contribution is -2.38. The summed E-state index contributed by atoms with van der Waals surface area (Å²) < 4.78 is 1.03. The number of rotatable bonds is 4. The Morgan fingerprint density at radius 3 is 2.83 bits per heavy atom. The molecule has 0 aliphatic carbocycles. The van der Waals surface area contributed by atoms with Crippen LogP contribution in [0.15, 0.2) is 64.6 Å². The molecule has 1 aliphatic rings. The van der Waals surface area contributed by atoms with Crippen molar-refractivity contribution in [2.75, 3.05) is 13.1 Å². The minimum absolute atomic E-state index is 0.179. The SMILES string of the molecule is O=C(Cc1csc(-c2cccc(Br)c2)n1)N1CCC(c2c[nH]c3ccccc23)CC1. The Balaban J connectivity index is 1.21. The van der Waals surface area contributed by atoms with Crippen molar-refractivity contribution in [3.63, 3.8) is 0 Å². The van der Waals surface area contributed by atoms with E-state index >= 15 is 0 Å². The van der Waals surface area contributed by atoms with Crippen LogP contribution in [0, 0.1) is 0 Å². The van der Waals surface area contributed by atoms with Gasteiger partial charge in [0.25, 0.3) is 0 Å². The Hall–Kier alpha value is -2.44. The van der Waals surface area contributed by atoms with Crippen LogP contribution >= 0.6 is 27.3 Å². The molecule has 30 heavy (non-hydrogen) atoms. The zero-order valence-corrected chi connectivity index (χ0v) is 18.9. The summed E-state index contributed by atoms with van der Waals surface area (Å²) in [5, 5.41) is 4.27. The Bertz CT molecular complexity index is 1190. The van der Waals surface area contributed by atoms with Crippen molar-refractivity contribution in [1.82, 2.24) is 14.9 Å². The third-order valence-corrected chi connectivity index (χ3v) is 7.30. The van der Waals surface area contributed by atoms with Gasteiger partial charge in [-0.25, -0.2) is 4.98 Å². The number of carbonyl (C=O) groups is 1. The molecule has 5 rings (SSSR count). The maximum Gasteiger partial charge on any atom is 0.228 e. The normalized spacial score (nSPS) is 15.0. The number of carbonyl (C=O) groups excluding carboxylic acids is 1. The molecular weight excluding hydrogens is 458 g/mol. The minimum Gasteiger partial charge on any atom is -0.361 e. The first-order valence-electron chi connectivity index (χ1n) is 10.2. The Morgan fingerprint density at radius 2 is 2.00 bits per heavy atom. The molecule has 0 spiro atoms. The maximum absolute atomic E-state index is 12.8. The Morgan fingerprint density at radius 1 is 1.17 bits per heavy atom. The molecule has 152 valence electrons. The second-order valence-corrected chi connectivity index (χ2v) is 9.55. The van der Waals surface area contributed by atoms with E-state index in [2.05, 4.69) is 57.4 Å². The zero-order valence-electron chi connectivity index (χ0n) is 16.5. The fraction of sp³-hybridized carbons (Fsp3) is 0.250. The molecule has 6 heteroatoms. The molecule has 1 aliphatic heterocycles. The number of aromatic nitrogens is 2. The van der Waals surface area contributed by atoms with Crippen molar-refractivity contribution in [1.29, 1.82) is 0 Å². The molecule has 1 amide bonds. The van der Waals surface area contributed by atoms with E-state index in [9.17, 15) is 4.79 Å². The van der Waals surface area contributed by atoms with Crippen molar-refractivity contribution in [3.8, 4) is 10.6 Å². The summed E-state index contributed by atoms with van der Waals surface area (Å²) in [6, 6.07) is 16.6. The van der Waals surface area contributed by atoms with Crippen LogP contribution in [0.5, 0.6) is 0 Å². The van der Waals surface area contributed by atoms with Crippen LogP contribution in [0.2, 0.25) is 0 Å². The van der Waals surface area contributed by atoms with Crippen LogP contribution in [0.4, 0.5) is 0 Å². The molecule has 0 bridgehead atoms. The average Bonchev–Trinajstić information content (AvgIpc) is 3.41. The van der Waals surface area contributed by atoms with Crippen LogP contribution in [0.25, 0.3) is 21.5 Å². The van der Waals surface area contributed by atoms with Crippen molar-refractivity contribution in [3.05, 3.63) is 75.8 Å². The molecule has 2 aromatic carbocycles. The number of likely N-dealkylation sites (tertiary alicyclic amines) is 1. The number of piperidine rings is 1. The number of thiazole rings is 1. The van der Waals surface area contributed by atoms with Crippen LogP contribution in [-0.2, 0) is 11.2 Å². The first-order chi connectivity index (χ1) is 14.7. The molecule has 1 saturated heterocycles. The van der Waals surface area contributed by atoms with Crippen LogP contribution in [0.3, 0.4) is 0 Å². The van der Waals surface area contributed by atoms with E-state index in [1.165, 1.54) is 16.5 Å². The number of halogens is 1. The van der Waals surface area contributed by atoms with Crippen LogP contribution in [-0.4, -0.2) is 33.9 Å². The van der Waals surface area contributed by atoms with Gasteiger partial charge in [-0.05, 0) is 42.5 Å². The topological polar surface area (TPSA) is 49.0 Å². The summed E-state index contributed by atoms with van der Waals surface area (Å²) in [4.78, 5) is 22.9. The highest BCUT2D eigenvalue weighted by molar-refractivity contribution is 9.10. The quantitative estimate of drug-likeness (QED) is 0.389. The van der Waals surface area contributed by atoms with Gasteiger partial charge in [-0.1, -0.05) is 46.3 Å². The van der Waals surface area contributed by atoms with Gasteiger partial charge in [0, 0.05) is 45.6 Å². The third kappa shape index (κ3) is 3.94. The second-order valence-electron chi connectivity index (χ2n) is 7.78. The van der Waals surface area contributed by atoms with E-state index < -0.39 is 0 Å². The first-order valence-corrected chi connectivity index (χ1v) is 11.9. The number of amides is 1. The number of H-pyrrole nitrogens is 1. The summed E-state index contributed by atoms with van der Waals surface area (Å²) in [5.74, 6) is 0.686. The van der Waals surface area contributed by atoms with Gasteiger partial charge in [-0.2, -0.15) is 0 Å². The number of hydrogen-bond donors (Lipinski definition) is 1. The summed E-state index contributed by atoms with van der Waals surface area (Å²) in [7, 11) is 0. The van der Waals surface area contributed by atoms with Gasteiger partial charge in [-0.3, -0.25) is 4.79 Å². The molecule has 4 aromatic rings. The highest BCUT2D eigenvalue weighted by atomic mass is 79.9. The van der Waals surface area contributed by atoms with Crippen LogP contribution in [0.1, 0.15) is 30.0 Å². The minimum atomic E-state index is 0.179. The van der Waals surface area contributed by atoms with E-state index in [4.69, 9.17) is 4.98 Å². The van der Waals surface area contributed by atoms with E-state index in [1.807, 2.05) is 28.5 Å². The smallest absolute Gasteiger partial charge is 0.228 e. The standard InChI is InChI=1S/C24H22BrN3OS/c25-18-5-3-4-17(12-18)24-27-19(15-30-24)13-23(29)28-10-8-16(9-11-28)21-14-26-22-7-2-1-6-20(21)22/h1-7,12,14-16,26H,8-11,13H2. The molecule has 3 heterocycles. The fourth-order valence-electron chi connectivity index (χ4n) is 4.28. The van der Waals surface area contributed by atoms with Crippen molar-refractivity contribution in [2.24, 2.45) is 0 Å². The number of para-hydroxylation sites is 1. The van der Waals surface area contributed by atoms with Crippen molar-refractivity contribution in [2.45, 2.75) is 25.2 Å². The Kier molecular flexibility index (Phi) is 5.44. The summed E-state index contributed by atoms with van der Waals surface area (Å²) >= 11 is 5.10. The molecular formula is C24H22BrN3OS. The summed E-state index contributed by atoms with van der Waals surface area (Å²) in [5.41, 5.74) is 4.51. The number of aromatic amines is 1. The van der Waals surface area contributed by atoms with Gasteiger partial charge in [-0.15, -0.1) is 11.3 Å². The van der Waals surface area contributed by atoms with E-state index in [1.54, 1.807) is 11.3 Å². The van der Waals surface area contributed by atoms with Crippen molar-refractivity contribution < 1.29 is 4.79 Å². The van der Waals surface area contributed by atoms with Gasteiger partial charge in [0.15, 0.2) is 0 Å². The number of nitrogens with one attached hydrogen (secondary N) is 1. The number of nitrogens with zero attached hydrogens (tertiary/aromatic N) is 2. The van der Waals surface area contributed by atoms with Gasteiger partial charge < -0.3 is 9.88 Å².